The summed E-state index contributed by atoms with van der Waals surface area (Å²) in [6.45, 7) is 3.65. The van der Waals surface area contributed by atoms with Crippen molar-refractivity contribution in [3.8, 4) is 0 Å². The van der Waals surface area contributed by atoms with Crippen molar-refractivity contribution in [2.75, 3.05) is 19.5 Å². The number of ketones is 1. The van der Waals surface area contributed by atoms with Gasteiger partial charge in [-0.1, -0.05) is 49.4 Å². The molecule has 0 saturated carbocycles. The lowest BCUT2D eigenvalue weighted by atomic mass is 10.1. The molecule has 0 saturated heterocycles. The zero-order valence-electron chi connectivity index (χ0n) is 13.7. The lowest BCUT2D eigenvalue weighted by Crippen LogP contribution is -2.06. The molecule has 0 spiro atoms. The van der Waals surface area contributed by atoms with Gasteiger partial charge in [-0.05, 0) is 18.4 Å². The average Bonchev–Trinajstić information content (AvgIpc) is 3.01. The third-order valence-electron chi connectivity index (χ3n) is 3.47. The van der Waals surface area contributed by atoms with Crippen molar-refractivity contribution in [3.05, 3.63) is 41.7 Å². The van der Waals surface area contributed by atoms with Crippen molar-refractivity contribution in [2.24, 2.45) is 0 Å². The van der Waals surface area contributed by atoms with Gasteiger partial charge in [-0.15, -0.1) is 10.2 Å². The number of methoxy groups -OCH3 is 1. The van der Waals surface area contributed by atoms with Crippen LogP contribution in [0.25, 0.3) is 0 Å². The van der Waals surface area contributed by atoms with Gasteiger partial charge in [0.15, 0.2) is 10.9 Å². The van der Waals surface area contributed by atoms with Gasteiger partial charge in [0.2, 0.25) is 0 Å². The van der Waals surface area contributed by atoms with Crippen molar-refractivity contribution in [1.29, 1.82) is 0 Å². The Balaban J connectivity index is 1.87. The predicted octanol–water partition coefficient (Wildman–Crippen LogP) is 3.24. The van der Waals surface area contributed by atoms with Crippen molar-refractivity contribution < 1.29 is 9.53 Å². The quantitative estimate of drug-likeness (QED) is 0.379. The van der Waals surface area contributed by atoms with Gasteiger partial charge in [-0.2, -0.15) is 0 Å². The molecule has 1 aromatic carbocycles. The second-order valence-corrected chi connectivity index (χ2v) is 6.25. The Kier molecular flexibility index (Phi) is 7.29. The van der Waals surface area contributed by atoms with Crippen LogP contribution in [0.1, 0.15) is 35.7 Å². The topological polar surface area (TPSA) is 57.0 Å². The zero-order valence-corrected chi connectivity index (χ0v) is 14.5. The van der Waals surface area contributed by atoms with E-state index in [2.05, 4.69) is 17.1 Å². The van der Waals surface area contributed by atoms with Crippen molar-refractivity contribution in [2.45, 2.75) is 37.9 Å². The number of nitrogens with zero attached hydrogens (tertiary/aromatic N) is 3. The van der Waals surface area contributed by atoms with Gasteiger partial charge in [0.1, 0.15) is 6.33 Å². The van der Waals surface area contributed by atoms with Crippen LogP contribution >= 0.6 is 11.8 Å². The molecule has 1 aromatic heterocycles. The normalized spacial score (nSPS) is 10.9. The minimum atomic E-state index is 0.115. The van der Waals surface area contributed by atoms with E-state index in [1.54, 1.807) is 13.4 Å². The van der Waals surface area contributed by atoms with Crippen LogP contribution < -0.4 is 0 Å². The number of aromatic nitrogens is 3. The first-order chi connectivity index (χ1) is 11.2. The van der Waals surface area contributed by atoms with E-state index in [-0.39, 0.29) is 5.78 Å². The summed E-state index contributed by atoms with van der Waals surface area (Å²) in [5.41, 5.74) is 2.03. The number of carbonyl (C=O) groups excluding carboxylic acids is 1. The van der Waals surface area contributed by atoms with Gasteiger partial charge in [0, 0.05) is 25.8 Å². The summed E-state index contributed by atoms with van der Waals surface area (Å²) in [6.07, 6.45) is 4.76. The molecule has 2 aromatic rings. The summed E-state index contributed by atoms with van der Waals surface area (Å²) in [7, 11) is 1.69. The number of hydrogen-bond donors (Lipinski definition) is 0. The SMILES string of the molecule is CCCc1ccc(C(=O)CSc2nncn2CCCOC)cc1. The maximum absolute atomic E-state index is 12.3. The Morgan fingerprint density at radius 3 is 2.78 bits per heavy atom. The van der Waals surface area contributed by atoms with Gasteiger partial charge in [-0.3, -0.25) is 4.79 Å². The third kappa shape index (κ3) is 5.48. The summed E-state index contributed by atoms with van der Waals surface area (Å²) >= 11 is 1.43. The fourth-order valence-corrected chi connectivity index (χ4v) is 3.08. The second kappa shape index (κ2) is 9.47. The van der Waals surface area contributed by atoms with Crippen LogP contribution in [0.4, 0.5) is 0 Å². The Labute approximate surface area is 141 Å². The van der Waals surface area contributed by atoms with Crippen LogP contribution in [0.15, 0.2) is 35.7 Å². The summed E-state index contributed by atoms with van der Waals surface area (Å²) in [5, 5.41) is 8.78. The van der Waals surface area contributed by atoms with E-state index < -0.39 is 0 Å². The Bertz CT molecular complexity index is 611. The van der Waals surface area contributed by atoms with Gasteiger partial charge in [0.25, 0.3) is 0 Å². The molecule has 0 aliphatic carbocycles. The highest BCUT2D eigenvalue weighted by molar-refractivity contribution is 7.99. The predicted molar refractivity (Wildman–Crippen MR) is 92.0 cm³/mol. The van der Waals surface area contributed by atoms with E-state index in [0.717, 1.165) is 36.5 Å². The largest absolute Gasteiger partial charge is 0.385 e. The molecule has 0 aliphatic heterocycles. The van der Waals surface area contributed by atoms with E-state index in [1.165, 1.54) is 17.3 Å². The Morgan fingerprint density at radius 2 is 2.09 bits per heavy atom. The highest BCUT2D eigenvalue weighted by atomic mass is 32.2. The molecule has 0 bridgehead atoms. The number of ether oxygens (including phenoxy) is 1. The van der Waals surface area contributed by atoms with Gasteiger partial charge in [-0.25, -0.2) is 0 Å². The number of rotatable bonds is 10. The molecule has 5 nitrogen and oxygen atoms in total. The molecule has 23 heavy (non-hydrogen) atoms. The van der Waals surface area contributed by atoms with Crippen LogP contribution in [-0.4, -0.2) is 40.0 Å². The minimum Gasteiger partial charge on any atom is -0.385 e. The monoisotopic (exact) mass is 333 g/mol. The number of Topliss-reactive ketones (excluding diaryl/α,β-unsaturated/α-hetero) is 1. The fraction of sp³-hybridized carbons (Fsp3) is 0.471. The Hall–Kier alpha value is -1.66. The molecule has 0 amide bonds. The third-order valence-corrected chi connectivity index (χ3v) is 4.46. The molecule has 0 fully saturated rings. The van der Waals surface area contributed by atoms with E-state index in [1.807, 2.05) is 28.8 Å². The Morgan fingerprint density at radius 1 is 1.30 bits per heavy atom. The van der Waals surface area contributed by atoms with Crippen molar-refractivity contribution in [1.82, 2.24) is 14.8 Å². The number of benzene rings is 1. The molecule has 0 unspecified atom stereocenters. The lowest BCUT2D eigenvalue weighted by molar-refractivity contribution is 0.102. The molecule has 0 radical (unpaired) electrons. The fourth-order valence-electron chi connectivity index (χ4n) is 2.25. The van der Waals surface area contributed by atoms with Crippen molar-refractivity contribution >= 4 is 17.5 Å². The highest BCUT2D eigenvalue weighted by Crippen LogP contribution is 2.17. The van der Waals surface area contributed by atoms with Crippen LogP contribution in [0.2, 0.25) is 0 Å². The van der Waals surface area contributed by atoms with Gasteiger partial charge >= 0.3 is 0 Å². The first-order valence-corrected chi connectivity index (χ1v) is 8.84. The number of carbonyl (C=O) groups is 1. The molecule has 0 aliphatic rings. The van der Waals surface area contributed by atoms with E-state index in [4.69, 9.17) is 4.74 Å². The van der Waals surface area contributed by atoms with Crippen LogP contribution in [0.5, 0.6) is 0 Å². The molecular formula is C17H23N3O2S. The lowest BCUT2D eigenvalue weighted by Gasteiger charge is -2.06. The van der Waals surface area contributed by atoms with E-state index in [9.17, 15) is 4.79 Å². The zero-order chi connectivity index (χ0) is 16.5. The van der Waals surface area contributed by atoms with Crippen LogP contribution in [0.3, 0.4) is 0 Å². The smallest absolute Gasteiger partial charge is 0.191 e. The van der Waals surface area contributed by atoms with Gasteiger partial charge < -0.3 is 9.30 Å². The maximum Gasteiger partial charge on any atom is 0.191 e. The molecule has 2 rings (SSSR count). The highest BCUT2D eigenvalue weighted by Gasteiger charge is 2.10. The maximum atomic E-state index is 12.3. The summed E-state index contributed by atoms with van der Waals surface area (Å²) in [6, 6.07) is 7.90. The average molecular weight is 333 g/mol. The van der Waals surface area contributed by atoms with Crippen molar-refractivity contribution in [3.63, 3.8) is 0 Å². The van der Waals surface area contributed by atoms with E-state index >= 15 is 0 Å². The van der Waals surface area contributed by atoms with Gasteiger partial charge in [0.05, 0.1) is 5.75 Å². The van der Waals surface area contributed by atoms with Crippen LogP contribution in [-0.2, 0) is 17.7 Å². The molecule has 0 N–H and O–H groups in total. The summed E-state index contributed by atoms with van der Waals surface area (Å²) in [4.78, 5) is 12.3. The molecular weight excluding hydrogens is 310 g/mol. The molecule has 124 valence electrons. The first kappa shape index (κ1) is 17.7. The summed E-state index contributed by atoms with van der Waals surface area (Å²) in [5.74, 6) is 0.486. The van der Waals surface area contributed by atoms with Crippen LogP contribution in [0, 0.1) is 0 Å². The number of hydrogen-bond acceptors (Lipinski definition) is 5. The van der Waals surface area contributed by atoms with E-state index in [0.29, 0.717) is 12.4 Å². The molecule has 1 heterocycles. The molecule has 0 atom stereocenters. The summed E-state index contributed by atoms with van der Waals surface area (Å²) < 4.78 is 7.01. The standard InChI is InChI=1S/C17H23N3O2S/c1-3-5-14-6-8-15(9-7-14)16(21)12-23-17-19-18-13-20(17)10-4-11-22-2/h6-9,13H,3-5,10-12H2,1-2H3. The minimum absolute atomic E-state index is 0.115. The number of aryl methyl sites for hydroxylation is 2. The second-order valence-electron chi connectivity index (χ2n) is 5.31. The first-order valence-electron chi connectivity index (χ1n) is 7.86. The molecule has 6 heteroatoms. The number of thioether (sulfide) groups is 1.